The Kier molecular flexibility index (Phi) is 2.91. The third-order valence-electron chi connectivity index (χ3n) is 2.12. The van der Waals surface area contributed by atoms with Crippen LogP contribution in [-0.2, 0) is 6.42 Å². The molecule has 0 fully saturated rings. The van der Waals surface area contributed by atoms with Crippen LogP contribution in [0.25, 0.3) is 11.3 Å². The maximum absolute atomic E-state index is 13.4. The molecule has 1 aromatic carbocycles. The summed E-state index contributed by atoms with van der Waals surface area (Å²) in [4.78, 5) is 0. The molecular weight excluding hydrogens is 216 g/mol. The fraction of sp³-hybridized carbons (Fsp3) is 0.200. The second-order valence-corrected chi connectivity index (χ2v) is 3.22. The number of nitrogens with zero attached hydrogens (tertiary/aromatic N) is 2. The number of nitrogens with two attached hydrogens (primary N) is 1. The summed E-state index contributed by atoms with van der Waals surface area (Å²) in [7, 11) is 0. The summed E-state index contributed by atoms with van der Waals surface area (Å²) in [5.41, 5.74) is 6.01. The molecule has 0 amide bonds. The average Bonchev–Trinajstić information content (AvgIpc) is 2.70. The Balaban J connectivity index is 2.49. The molecule has 2 rings (SSSR count). The lowest BCUT2D eigenvalue weighted by atomic mass is 10.1. The zero-order valence-corrected chi connectivity index (χ0v) is 8.28. The number of halogens is 2. The van der Waals surface area contributed by atoms with Gasteiger partial charge < -0.3 is 5.73 Å². The predicted molar refractivity (Wildman–Crippen MR) is 52.4 cm³/mol. The van der Waals surface area contributed by atoms with Gasteiger partial charge in [0.25, 0.3) is 0 Å². The van der Waals surface area contributed by atoms with Crippen molar-refractivity contribution in [3.05, 3.63) is 35.5 Å². The lowest BCUT2D eigenvalue weighted by Gasteiger charge is -2.00. The van der Waals surface area contributed by atoms with E-state index < -0.39 is 11.6 Å². The van der Waals surface area contributed by atoms with Gasteiger partial charge in [-0.2, -0.15) is 0 Å². The number of rotatable bonds is 3. The molecule has 0 aliphatic heterocycles. The summed E-state index contributed by atoms with van der Waals surface area (Å²) in [5.74, 6) is -1.12. The molecule has 0 spiro atoms. The lowest BCUT2D eigenvalue weighted by molar-refractivity contribution is 0.304. The van der Waals surface area contributed by atoms with Gasteiger partial charge in [0, 0.05) is 12.0 Å². The van der Waals surface area contributed by atoms with Crippen molar-refractivity contribution in [3.63, 3.8) is 0 Å². The van der Waals surface area contributed by atoms with Crippen molar-refractivity contribution in [1.29, 1.82) is 0 Å². The van der Waals surface area contributed by atoms with E-state index in [0.29, 0.717) is 18.7 Å². The summed E-state index contributed by atoms with van der Waals surface area (Å²) in [5, 5.41) is 7.16. The third kappa shape index (κ3) is 1.92. The van der Waals surface area contributed by atoms with Gasteiger partial charge in [0.05, 0.1) is 0 Å². The van der Waals surface area contributed by atoms with Gasteiger partial charge in [0.1, 0.15) is 23.0 Å². The van der Waals surface area contributed by atoms with Crippen LogP contribution in [0, 0.1) is 11.6 Å². The van der Waals surface area contributed by atoms with Crippen molar-refractivity contribution < 1.29 is 13.4 Å². The molecule has 0 saturated heterocycles. The Labute approximate surface area is 90.0 Å². The standard InChI is InChI=1S/C10H9F2N3O/c11-6-1-2-8(12)7(5-6)10-9(3-4-13)14-16-15-10/h1-2,5H,3-4,13H2. The van der Waals surface area contributed by atoms with Crippen LogP contribution in [0.1, 0.15) is 5.69 Å². The van der Waals surface area contributed by atoms with Crippen molar-refractivity contribution in [2.45, 2.75) is 6.42 Å². The fourth-order valence-corrected chi connectivity index (χ4v) is 1.39. The molecule has 4 nitrogen and oxygen atoms in total. The van der Waals surface area contributed by atoms with Crippen LogP contribution in [0.2, 0.25) is 0 Å². The molecule has 2 aromatic rings. The minimum Gasteiger partial charge on any atom is -0.330 e. The van der Waals surface area contributed by atoms with Gasteiger partial charge in [-0.15, -0.1) is 0 Å². The topological polar surface area (TPSA) is 64.9 Å². The van der Waals surface area contributed by atoms with Crippen molar-refractivity contribution >= 4 is 0 Å². The number of aromatic nitrogens is 2. The van der Waals surface area contributed by atoms with Crippen LogP contribution < -0.4 is 5.73 Å². The highest BCUT2D eigenvalue weighted by Gasteiger charge is 2.16. The van der Waals surface area contributed by atoms with Crippen molar-refractivity contribution in [1.82, 2.24) is 10.3 Å². The lowest BCUT2D eigenvalue weighted by Crippen LogP contribution is -2.04. The molecule has 1 aromatic heterocycles. The predicted octanol–water partition coefficient (Wildman–Crippen LogP) is 1.52. The van der Waals surface area contributed by atoms with Crippen LogP contribution in [0.3, 0.4) is 0 Å². The number of benzene rings is 1. The van der Waals surface area contributed by atoms with E-state index in [0.717, 1.165) is 18.2 Å². The first-order chi connectivity index (χ1) is 7.72. The monoisotopic (exact) mass is 225 g/mol. The second kappa shape index (κ2) is 4.36. The minimum absolute atomic E-state index is 0.0321. The van der Waals surface area contributed by atoms with E-state index in [1.807, 2.05) is 0 Å². The first-order valence-corrected chi connectivity index (χ1v) is 4.69. The molecule has 0 unspecified atom stereocenters. The van der Waals surface area contributed by atoms with Gasteiger partial charge in [-0.25, -0.2) is 13.4 Å². The molecule has 84 valence electrons. The molecule has 0 aliphatic carbocycles. The summed E-state index contributed by atoms with van der Waals surface area (Å²) >= 11 is 0. The normalized spacial score (nSPS) is 10.7. The van der Waals surface area contributed by atoms with Gasteiger partial charge in [0.15, 0.2) is 0 Å². The third-order valence-corrected chi connectivity index (χ3v) is 2.12. The largest absolute Gasteiger partial charge is 0.330 e. The van der Waals surface area contributed by atoms with Crippen LogP contribution in [0.5, 0.6) is 0 Å². The van der Waals surface area contributed by atoms with Crippen LogP contribution in [-0.4, -0.2) is 16.9 Å². The number of hydrogen-bond acceptors (Lipinski definition) is 4. The summed E-state index contributed by atoms with van der Waals surface area (Å²) in [6.45, 7) is 0.331. The van der Waals surface area contributed by atoms with E-state index in [2.05, 4.69) is 14.9 Å². The highest BCUT2D eigenvalue weighted by Crippen LogP contribution is 2.24. The average molecular weight is 225 g/mol. The molecule has 1 heterocycles. The molecule has 2 N–H and O–H groups in total. The molecule has 0 aliphatic rings. The zero-order valence-electron chi connectivity index (χ0n) is 8.28. The molecular formula is C10H9F2N3O. The minimum atomic E-state index is -0.574. The smallest absolute Gasteiger partial charge is 0.141 e. The molecule has 0 radical (unpaired) electrons. The van der Waals surface area contributed by atoms with Gasteiger partial charge in [-0.3, -0.25) is 0 Å². The van der Waals surface area contributed by atoms with E-state index in [-0.39, 0.29) is 11.3 Å². The summed E-state index contributed by atoms with van der Waals surface area (Å²) in [6.07, 6.45) is 0.398. The molecule has 0 bridgehead atoms. The molecule has 6 heteroatoms. The highest BCUT2D eigenvalue weighted by molar-refractivity contribution is 5.61. The van der Waals surface area contributed by atoms with Crippen LogP contribution in [0.15, 0.2) is 22.8 Å². The Hall–Kier alpha value is -1.82. The zero-order chi connectivity index (χ0) is 11.5. The quantitative estimate of drug-likeness (QED) is 0.860. The summed E-state index contributed by atoms with van der Waals surface area (Å²) < 4.78 is 30.9. The van der Waals surface area contributed by atoms with Crippen molar-refractivity contribution in [3.8, 4) is 11.3 Å². The highest BCUT2D eigenvalue weighted by atomic mass is 19.1. The van der Waals surface area contributed by atoms with Gasteiger partial charge >= 0.3 is 0 Å². The van der Waals surface area contributed by atoms with E-state index in [1.54, 1.807) is 0 Å². The Morgan fingerprint density at radius 3 is 2.81 bits per heavy atom. The van der Waals surface area contributed by atoms with E-state index in [9.17, 15) is 8.78 Å². The van der Waals surface area contributed by atoms with Gasteiger partial charge in [-0.1, -0.05) is 5.16 Å². The first-order valence-electron chi connectivity index (χ1n) is 4.69. The second-order valence-electron chi connectivity index (χ2n) is 3.22. The Morgan fingerprint density at radius 2 is 2.06 bits per heavy atom. The van der Waals surface area contributed by atoms with Crippen molar-refractivity contribution in [2.24, 2.45) is 5.73 Å². The molecule has 0 atom stereocenters. The van der Waals surface area contributed by atoms with Gasteiger partial charge in [-0.05, 0) is 29.9 Å². The van der Waals surface area contributed by atoms with Crippen molar-refractivity contribution in [2.75, 3.05) is 6.54 Å². The first kappa shape index (κ1) is 10.7. The van der Waals surface area contributed by atoms with E-state index >= 15 is 0 Å². The van der Waals surface area contributed by atoms with E-state index in [1.165, 1.54) is 0 Å². The molecule has 0 saturated carbocycles. The van der Waals surface area contributed by atoms with Gasteiger partial charge in [0.2, 0.25) is 0 Å². The Morgan fingerprint density at radius 1 is 1.25 bits per heavy atom. The maximum Gasteiger partial charge on any atom is 0.141 e. The maximum atomic E-state index is 13.4. The van der Waals surface area contributed by atoms with E-state index in [4.69, 9.17) is 5.73 Å². The number of hydrogen-bond donors (Lipinski definition) is 1. The SMILES string of the molecule is NCCc1nonc1-c1cc(F)ccc1F. The van der Waals surface area contributed by atoms with Crippen LogP contribution in [0.4, 0.5) is 8.78 Å². The van der Waals surface area contributed by atoms with Crippen LogP contribution >= 0.6 is 0 Å². The Bertz CT molecular complexity index is 499. The summed E-state index contributed by atoms with van der Waals surface area (Å²) in [6, 6.07) is 3.12. The molecule has 16 heavy (non-hydrogen) atoms. The fourth-order valence-electron chi connectivity index (χ4n) is 1.39.